The summed E-state index contributed by atoms with van der Waals surface area (Å²) in [4.78, 5) is 46.7. The summed E-state index contributed by atoms with van der Waals surface area (Å²) in [7, 11) is 0. The summed E-state index contributed by atoms with van der Waals surface area (Å²) in [5.74, 6) is -5.53. The van der Waals surface area contributed by atoms with Gasteiger partial charge in [0.2, 0.25) is 0 Å². The summed E-state index contributed by atoms with van der Waals surface area (Å²) in [6.45, 7) is 6.15. The molecule has 0 aliphatic carbocycles. The molecule has 0 radical (unpaired) electrons. The third-order valence-corrected chi connectivity index (χ3v) is 4.41. The van der Waals surface area contributed by atoms with Crippen LogP contribution in [0, 0.1) is 11.8 Å². The molecule has 3 aliphatic rings. The van der Waals surface area contributed by atoms with Gasteiger partial charge in [-0.05, 0) is 13.8 Å². The number of carbonyl (C=O) groups excluding carboxylic acids is 3. The first-order chi connectivity index (χ1) is 11.2. The number of fused-ring (bicyclic) bond motifs is 1. The van der Waals surface area contributed by atoms with Crippen molar-refractivity contribution in [2.24, 2.45) is 11.8 Å². The Morgan fingerprint density at radius 3 is 2.50 bits per heavy atom. The van der Waals surface area contributed by atoms with Crippen LogP contribution in [-0.2, 0) is 38.1 Å². The molecule has 1 N–H and O–H groups in total. The van der Waals surface area contributed by atoms with Crippen LogP contribution in [0.3, 0.4) is 0 Å². The first kappa shape index (κ1) is 16.4. The second kappa shape index (κ2) is 5.59. The summed E-state index contributed by atoms with van der Waals surface area (Å²) in [5, 5.41) is 9.31. The monoisotopic (exact) mass is 340 g/mol. The maximum Gasteiger partial charge on any atom is 0.347 e. The smallest absolute Gasteiger partial charge is 0.347 e. The van der Waals surface area contributed by atoms with Crippen molar-refractivity contribution in [3.05, 3.63) is 12.2 Å². The van der Waals surface area contributed by atoms with Crippen LogP contribution in [0.25, 0.3) is 0 Å². The standard InChI is InChI=1S/C15H16O9/c1-4(2)13(18)21-5(3)14(19)23-10-8-6(12(16)17)7-9(22-8)11(10)24-15(7)20/h5-11H,1H2,2-3H3,(H,16,17). The SMILES string of the molecule is C=C(C)C(=O)OC(C)C(=O)OC1C2OC(=O)C3C2OC1C3C(=O)O. The molecule has 3 aliphatic heterocycles. The van der Waals surface area contributed by atoms with Crippen molar-refractivity contribution in [3.63, 3.8) is 0 Å². The van der Waals surface area contributed by atoms with E-state index in [-0.39, 0.29) is 5.57 Å². The van der Waals surface area contributed by atoms with Crippen molar-refractivity contribution in [2.75, 3.05) is 0 Å². The fourth-order valence-electron chi connectivity index (χ4n) is 3.29. The summed E-state index contributed by atoms with van der Waals surface area (Å²) >= 11 is 0. The maximum atomic E-state index is 12.1. The van der Waals surface area contributed by atoms with Crippen LogP contribution in [0.4, 0.5) is 0 Å². The van der Waals surface area contributed by atoms with E-state index in [0.29, 0.717) is 0 Å². The highest BCUT2D eigenvalue weighted by atomic mass is 16.7. The van der Waals surface area contributed by atoms with Gasteiger partial charge in [-0.3, -0.25) is 9.59 Å². The number of hydrogen-bond donors (Lipinski definition) is 1. The minimum atomic E-state index is -1.22. The maximum absolute atomic E-state index is 12.1. The van der Waals surface area contributed by atoms with Gasteiger partial charge in [-0.2, -0.15) is 0 Å². The third-order valence-electron chi connectivity index (χ3n) is 4.41. The molecule has 3 heterocycles. The van der Waals surface area contributed by atoms with Gasteiger partial charge in [-0.15, -0.1) is 0 Å². The molecular weight excluding hydrogens is 324 g/mol. The van der Waals surface area contributed by atoms with Gasteiger partial charge >= 0.3 is 23.9 Å². The van der Waals surface area contributed by atoms with Crippen LogP contribution in [0.2, 0.25) is 0 Å². The number of carboxylic acid groups (broad SMARTS) is 1. The Labute approximate surface area is 136 Å². The first-order valence-corrected chi connectivity index (χ1v) is 7.38. The zero-order valence-corrected chi connectivity index (χ0v) is 13.0. The number of carboxylic acids is 1. The lowest BCUT2D eigenvalue weighted by atomic mass is 9.78. The van der Waals surface area contributed by atoms with Gasteiger partial charge in [0.25, 0.3) is 0 Å². The van der Waals surface area contributed by atoms with Crippen LogP contribution in [0.1, 0.15) is 13.8 Å². The van der Waals surface area contributed by atoms with E-state index in [1.807, 2.05) is 0 Å². The average molecular weight is 340 g/mol. The topological polar surface area (TPSA) is 125 Å². The minimum absolute atomic E-state index is 0.122. The molecule has 0 saturated carbocycles. The predicted octanol–water partition coefficient (Wildman–Crippen LogP) is -0.571. The number of rotatable bonds is 5. The molecule has 0 aromatic rings. The number of hydrogen-bond acceptors (Lipinski definition) is 8. The number of carbonyl (C=O) groups is 4. The second-order valence-corrected chi connectivity index (χ2v) is 6.09. The lowest BCUT2D eigenvalue weighted by molar-refractivity contribution is -0.175. The fourth-order valence-corrected chi connectivity index (χ4v) is 3.29. The van der Waals surface area contributed by atoms with Gasteiger partial charge in [-0.25, -0.2) is 9.59 Å². The van der Waals surface area contributed by atoms with Gasteiger partial charge in [-0.1, -0.05) is 6.58 Å². The molecule has 9 nitrogen and oxygen atoms in total. The van der Waals surface area contributed by atoms with E-state index < -0.39 is 66.2 Å². The molecular formula is C15H16O9. The number of aliphatic carboxylic acids is 1. The molecule has 2 bridgehead atoms. The van der Waals surface area contributed by atoms with Gasteiger partial charge in [0.15, 0.2) is 18.3 Å². The Hall–Kier alpha value is -2.42. The van der Waals surface area contributed by atoms with Gasteiger partial charge in [0.1, 0.15) is 24.0 Å². The van der Waals surface area contributed by atoms with Crippen molar-refractivity contribution in [1.29, 1.82) is 0 Å². The Morgan fingerprint density at radius 2 is 1.92 bits per heavy atom. The molecule has 9 heteroatoms. The third kappa shape index (κ3) is 2.35. The first-order valence-electron chi connectivity index (χ1n) is 7.38. The molecule has 3 rings (SSSR count). The van der Waals surface area contributed by atoms with Gasteiger partial charge < -0.3 is 24.1 Å². The number of ether oxygens (including phenoxy) is 4. The predicted molar refractivity (Wildman–Crippen MR) is 73.4 cm³/mol. The van der Waals surface area contributed by atoms with Gasteiger partial charge in [0.05, 0.1) is 0 Å². The normalized spacial score (nSPS) is 36.8. The molecule has 0 amide bonds. The van der Waals surface area contributed by atoms with E-state index in [1.165, 1.54) is 13.8 Å². The largest absolute Gasteiger partial charge is 0.481 e. The zero-order valence-electron chi connectivity index (χ0n) is 13.0. The van der Waals surface area contributed by atoms with Crippen LogP contribution in [0.15, 0.2) is 12.2 Å². The molecule has 24 heavy (non-hydrogen) atoms. The summed E-state index contributed by atoms with van der Waals surface area (Å²) in [5.41, 5.74) is 0.122. The number of esters is 3. The molecule has 130 valence electrons. The van der Waals surface area contributed by atoms with Gasteiger partial charge in [0, 0.05) is 5.57 Å². The molecule has 0 spiro atoms. The van der Waals surface area contributed by atoms with Crippen molar-refractivity contribution in [2.45, 2.75) is 44.4 Å². The van der Waals surface area contributed by atoms with E-state index in [1.54, 1.807) is 0 Å². The van der Waals surface area contributed by atoms with Crippen LogP contribution >= 0.6 is 0 Å². The molecule has 0 aromatic heterocycles. The van der Waals surface area contributed by atoms with E-state index in [0.717, 1.165) is 0 Å². The summed E-state index contributed by atoms with van der Waals surface area (Å²) in [6.07, 6.45) is -4.81. The van der Waals surface area contributed by atoms with Crippen LogP contribution in [0.5, 0.6) is 0 Å². The average Bonchev–Trinajstić information content (AvgIpc) is 3.09. The highest BCUT2D eigenvalue weighted by Gasteiger charge is 2.71. The van der Waals surface area contributed by atoms with Crippen molar-refractivity contribution in [3.8, 4) is 0 Å². The fraction of sp³-hybridized carbons (Fsp3) is 0.600. The molecule has 3 saturated heterocycles. The Balaban J connectivity index is 1.71. The van der Waals surface area contributed by atoms with E-state index in [9.17, 15) is 24.3 Å². The van der Waals surface area contributed by atoms with E-state index >= 15 is 0 Å². The quantitative estimate of drug-likeness (QED) is 0.398. The van der Waals surface area contributed by atoms with E-state index in [2.05, 4.69) is 6.58 Å². The lowest BCUT2D eigenvalue weighted by Gasteiger charge is -2.27. The lowest BCUT2D eigenvalue weighted by Crippen LogP contribution is -2.48. The molecule has 0 aromatic carbocycles. The molecule has 3 fully saturated rings. The Morgan fingerprint density at radius 1 is 1.25 bits per heavy atom. The summed E-state index contributed by atoms with van der Waals surface area (Å²) < 4.78 is 20.7. The summed E-state index contributed by atoms with van der Waals surface area (Å²) in [6, 6.07) is 0. The molecule has 7 atom stereocenters. The van der Waals surface area contributed by atoms with Crippen LogP contribution < -0.4 is 0 Å². The van der Waals surface area contributed by atoms with Crippen LogP contribution in [-0.4, -0.2) is 59.5 Å². The molecule has 7 unspecified atom stereocenters. The Kier molecular flexibility index (Phi) is 3.83. The second-order valence-electron chi connectivity index (χ2n) is 6.09. The van der Waals surface area contributed by atoms with Crippen molar-refractivity contribution >= 4 is 23.9 Å². The zero-order chi connectivity index (χ0) is 17.8. The highest BCUT2D eigenvalue weighted by molar-refractivity contribution is 5.89. The van der Waals surface area contributed by atoms with Crippen molar-refractivity contribution < 1.29 is 43.2 Å². The highest BCUT2D eigenvalue weighted by Crippen LogP contribution is 2.51. The van der Waals surface area contributed by atoms with Crippen molar-refractivity contribution in [1.82, 2.24) is 0 Å². The van der Waals surface area contributed by atoms with E-state index in [4.69, 9.17) is 18.9 Å². The Bertz CT molecular complexity index is 639. The minimum Gasteiger partial charge on any atom is -0.481 e.